The lowest BCUT2D eigenvalue weighted by Crippen LogP contribution is -2.01. The molecule has 0 atom stereocenters. The molecule has 88 valence electrons. The maximum Gasteiger partial charge on any atom is 0.0402 e. The summed E-state index contributed by atoms with van der Waals surface area (Å²) >= 11 is 0. The molecule has 0 radical (unpaired) electrons. The van der Waals surface area contributed by atoms with E-state index in [9.17, 15) is 0 Å². The van der Waals surface area contributed by atoms with Crippen LogP contribution in [0.1, 0.15) is 5.56 Å². The van der Waals surface area contributed by atoms with Crippen LogP contribution >= 0.6 is 0 Å². The number of anilines is 4. The first-order chi connectivity index (χ1) is 8.13. The Labute approximate surface area is 100 Å². The van der Waals surface area contributed by atoms with E-state index in [1.165, 1.54) is 0 Å². The van der Waals surface area contributed by atoms with Gasteiger partial charge in [0.1, 0.15) is 0 Å². The molecule has 0 spiro atoms. The standard InChI is InChI=1S/C13H16N4/c14-10-1-3-13(4-2-10)17-8-9-5-11(15)7-12(16)6-9/h1-7,17H,8,14-16H2. The minimum atomic E-state index is 0.680. The predicted molar refractivity (Wildman–Crippen MR) is 73.4 cm³/mol. The van der Waals surface area contributed by atoms with Crippen LogP contribution < -0.4 is 22.5 Å². The van der Waals surface area contributed by atoms with Crippen LogP contribution in [0.4, 0.5) is 22.7 Å². The molecule has 0 heterocycles. The van der Waals surface area contributed by atoms with Crippen molar-refractivity contribution in [2.75, 3.05) is 22.5 Å². The summed E-state index contributed by atoms with van der Waals surface area (Å²) in [6.45, 7) is 0.680. The zero-order chi connectivity index (χ0) is 12.3. The highest BCUT2D eigenvalue weighted by Gasteiger charge is 1.97. The third-order valence-corrected chi connectivity index (χ3v) is 2.44. The van der Waals surface area contributed by atoms with Crippen molar-refractivity contribution in [2.45, 2.75) is 6.54 Å². The van der Waals surface area contributed by atoms with Gasteiger partial charge in [0.2, 0.25) is 0 Å². The number of hydrogen-bond donors (Lipinski definition) is 4. The minimum absolute atomic E-state index is 0.680. The Morgan fingerprint density at radius 2 is 1.35 bits per heavy atom. The fourth-order valence-electron chi connectivity index (χ4n) is 1.65. The van der Waals surface area contributed by atoms with Crippen molar-refractivity contribution in [3.8, 4) is 0 Å². The van der Waals surface area contributed by atoms with Crippen molar-refractivity contribution in [1.29, 1.82) is 0 Å². The van der Waals surface area contributed by atoms with Crippen LogP contribution in [0.5, 0.6) is 0 Å². The third-order valence-electron chi connectivity index (χ3n) is 2.44. The highest BCUT2D eigenvalue weighted by molar-refractivity contribution is 5.56. The summed E-state index contributed by atoms with van der Waals surface area (Å²) in [5.41, 5.74) is 21.2. The Hall–Kier alpha value is -2.36. The predicted octanol–water partition coefficient (Wildman–Crippen LogP) is 2.05. The summed E-state index contributed by atoms with van der Waals surface area (Å²) < 4.78 is 0. The van der Waals surface area contributed by atoms with Crippen LogP contribution in [-0.4, -0.2) is 0 Å². The number of hydrogen-bond acceptors (Lipinski definition) is 4. The molecule has 4 heteroatoms. The van der Waals surface area contributed by atoms with E-state index >= 15 is 0 Å². The van der Waals surface area contributed by atoms with Crippen LogP contribution in [0.3, 0.4) is 0 Å². The van der Waals surface area contributed by atoms with Gasteiger partial charge in [-0.3, -0.25) is 0 Å². The van der Waals surface area contributed by atoms with Crippen LogP contribution in [0.15, 0.2) is 42.5 Å². The molecular weight excluding hydrogens is 212 g/mol. The quantitative estimate of drug-likeness (QED) is 0.605. The lowest BCUT2D eigenvalue weighted by molar-refractivity contribution is 1.15. The lowest BCUT2D eigenvalue weighted by Gasteiger charge is -2.08. The first kappa shape index (κ1) is 11.1. The second-order valence-electron chi connectivity index (χ2n) is 3.98. The van der Waals surface area contributed by atoms with Crippen molar-refractivity contribution in [1.82, 2.24) is 0 Å². The maximum absolute atomic E-state index is 5.72. The molecule has 2 aromatic carbocycles. The summed E-state index contributed by atoms with van der Waals surface area (Å²) in [7, 11) is 0. The average molecular weight is 228 g/mol. The normalized spacial score (nSPS) is 10.1. The number of benzene rings is 2. The Kier molecular flexibility index (Phi) is 3.05. The highest BCUT2D eigenvalue weighted by Crippen LogP contribution is 2.16. The van der Waals surface area contributed by atoms with E-state index in [4.69, 9.17) is 17.2 Å². The summed E-state index contributed by atoms with van der Waals surface area (Å²) in [4.78, 5) is 0. The number of nitrogen functional groups attached to an aromatic ring is 3. The van der Waals surface area contributed by atoms with Gasteiger partial charge in [0.25, 0.3) is 0 Å². The molecule has 2 rings (SSSR count). The van der Waals surface area contributed by atoms with Gasteiger partial charge >= 0.3 is 0 Å². The van der Waals surface area contributed by atoms with Crippen molar-refractivity contribution in [3.63, 3.8) is 0 Å². The number of nitrogens with two attached hydrogens (primary N) is 3. The molecule has 17 heavy (non-hydrogen) atoms. The lowest BCUT2D eigenvalue weighted by atomic mass is 10.1. The Morgan fingerprint density at radius 3 is 1.94 bits per heavy atom. The molecular formula is C13H16N4. The highest BCUT2D eigenvalue weighted by atomic mass is 14.9. The van der Waals surface area contributed by atoms with E-state index in [1.807, 2.05) is 36.4 Å². The van der Waals surface area contributed by atoms with E-state index in [1.54, 1.807) is 6.07 Å². The van der Waals surface area contributed by atoms with E-state index in [2.05, 4.69) is 5.32 Å². The number of nitrogens with one attached hydrogen (secondary N) is 1. The number of rotatable bonds is 3. The van der Waals surface area contributed by atoms with Crippen LogP contribution in [0, 0.1) is 0 Å². The molecule has 0 aromatic heterocycles. The van der Waals surface area contributed by atoms with Crippen molar-refractivity contribution >= 4 is 22.7 Å². The second-order valence-corrected chi connectivity index (χ2v) is 3.98. The minimum Gasteiger partial charge on any atom is -0.399 e. The van der Waals surface area contributed by atoms with Crippen LogP contribution in [0.25, 0.3) is 0 Å². The summed E-state index contributed by atoms with van der Waals surface area (Å²) in [6.07, 6.45) is 0. The van der Waals surface area contributed by atoms with Gasteiger partial charge in [0.05, 0.1) is 0 Å². The molecule has 0 aliphatic heterocycles. The van der Waals surface area contributed by atoms with Gasteiger partial charge in [-0.1, -0.05) is 0 Å². The van der Waals surface area contributed by atoms with E-state index < -0.39 is 0 Å². The Morgan fingerprint density at radius 1 is 0.765 bits per heavy atom. The summed E-state index contributed by atoms with van der Waals surface area (Å²) in [5, 5.41) is 3.28. The average Bonchev–Trinajstić information content (AvgIpc) is 2.27. The van der Waals surface area contributed by atoms with Crippen molar-refractivity contribution < 1.29 is 0 Å². The Bertz CT molecular complexity index is 485. The molecule has 0 unspecified atom stereocenters. The zero-order valence-corrected chi connectivity index (χ0v) is 9.48. The molecule has 0 saturated carbocycles. The fourth-order valence-corrected chi connectivity index (χ4v) is 1.65. The van der Waals surface area contributed by atoms with Gasteiger partial charge in [-0.15, -0.1) is 0 Å². The van der Waals surface area contributed by atoms with Gasteiger partial charge in [0, 0.05) is 29.3 Å². The molecule has 2 aromatic rings. The van der Waals surface area contributed by atoms with Gasteiger partial charge in [0.15, 0.2) is 0 Å². The SMILES string of the molecule is Nc1ccc(NCc2cc(N)cc(N)c2)cc1. The van der Waals surface area contributed by atoms with Gasteiger partial charge in [-0.2, -0.15) is 0 Å². The topological polar surface area (TPSA) is 90.1 Å². The third kappa shape index (κ3) is 3.04. The molecule has 4 nitrogen and oxygen atoms in total. The van der Waals surface area contributed by atoms with Crippen LogP contribution in [-0.2, 0) is 6.54 Å². The Balaban J connectivity index is 2.04. The van der Waals surface area contributed by atoms with E-state index in [0.717, 1.165) is 16.9 Å². The molecule has 0 fully saturated rings. The van der Waals surface area contributed by atoms with Crippen molar-refractivity contribution in [3.05, 3.63) is 48.0 Å². The molecule has 0 saturated heterocycles. The first-order valence-corrected chi connectivity index (χ1v) is 5.38. The smallest absolute Gasteiger partial charge is 0.0402 e. The first-order valence-electron chi connectivity index (χ1n) is 5.38. The molecule has 0 bridgehead atoms. The fraction of sp³-hybridized carbons (Fsp3) is 0.0769. The van der Waals surface area contributed by atoms with Crippen LogP contribution in [0.2, 0.25) is 0 Å². The van der Waals surface area contributed by atoms with Gasteiger partial charge < -0.3 is 22.5 Å². The molecule has 0 aliphatic carbocycles. The molecule has 0 aliphatic rings. The molecule has 7 N–H and O–H groups in total. The molecule has 0 amide bonds. The monoisotopic (exact) mass is 228 g/mol. The van der Waals surface area contributed by atoms with E-state index in [0.29, 0.717) is 17.9 Å². The zero-order valence-electron chi connectivity index (χ0n) is 9.48. The largest absolute Gasteiger partial charge is 0.399 e. The van der Waals surface area contributed by atoms with Gasteiger partial charge in [-0.25, -0.2) is 0 Å². The summed E-state index contributed by atoms with van der Waals surface area (Å²) in [6, 6.07) is 13.1. The summed E-state index contributed by atoms with van der Waals surface area (Å²) in [5.74, 6) is 0. The van der Waals surface area contributed by atoms with Gasteiger partial charge in [-0.05, 0) is 48.0 Å². The van der Waals surface area contributed by atoms with Crippen molar-refractivity contribution in [2.24, 2.45) is 0 Å². The second kappa shape index (κ2) is 4.65. The maximum atomic E-state index is 5.72. The van der Waals surface area contributed by atoms with E-state index in [-0.39, 0.29) is 0 Å².